The molecular formula is C6H7Cl2N5O. The van der Waals surface area contributed by atoms with Crippen molar-refractivity contribution < 1.29 is 4.79 Å². The van der Waals surface area contributed by atoms with Crippen LogP contribution in [0.3, 0.4) is 0 Å². The molecule has 0 aliphatic rings. The molecule has 0 spiro atoms. The predicted octanol–water partition coefficient (Wildman–Crippen LogP) is 0.464. The number of carbonyl (C=O) groups excluding carboxylic acids is 1. The van der Waals surface area contributed by atoms with Gasteiger partial charge in [-0.2, -0.15) is 15.0 Å². The molecule has 1 atom stereocenters. The summed E-state index contributed by atoms with van der Waals surface area (Å²) in [5.41, 5.74) is 5.02. The van der Waals surface area contributed by atoms with E-state index in [0.29, 0.717) is 0 Å². The van der Waals surface area contributed by atoms with Gasteiger partial charge in [0.1, 0.15) is 6.04 Å². The molecule has 0 bridgehead atoms. The highest BCUT2D eigenvalue weighted by atomic mass is 35.5. The zero-order valence-corrected chi connectivity index (χ0v) is 8.67. The Balaban J connectivity index is 2.81. The summed E-state index contributed by atoms with van der Waals surface area (Å²) in [4.78, 5) is 21.6. The van der Waals surface area contributed by atoms with Crippen LogP contribution in [-0.4, -0.2) is 26.9 Å². The molecule has 1 amide bonds. The Morgan fingerprint density at radius 1 is 1.36 bits per heavy atom. The van der Waals surface area contributed by atoms with Crippen LogP contribution in [0, 0.1) is 0 Å². The Kier molecular flexibility index (Phi) is 3.43. The van der Waals surface area contributed by atoms with Crippen LogP contribution in [0.25, 0.3) is 0 Å². The van der Waals surface area contributed by atoms with Gasteiger partial charge in [0.05, 0.1) is 0 Å². The van der Waals surface area contributed by atoms with Crippen molar-refractivity contribution in [2.75, 3.05) is 5.32 Å². The van der Waals surface area contributed by atoms with E-state index in [2.05, 4.69) is 20.3 Å². The second-order valence-corrected chi connectivity index (χ2v) is 3.14. The average Bonchev–Trinajstić information content (AvgIpc) is 2.01. The molecule has 1 rings (SSSR count). The number of hydrogen-bond acceptors (Lipinski definition) is 5. The molecule has 0 radical (unpaired) electrons. The Bertz CT molecular complexity index is 338. The highest BCUT2D eigenvalue weighted by molar-refractivity contribution is 6.31. The van der Waals surface area contributed by atoms with Gasteiger partial charge in [-0.3, -0.25) is 4.79 Å². The van der Waals surface area contributed by atoms with Gasteiger partial charge in [0.25, 0.3) is 0 Å². The summed E-state index contributed by atoms with van der Waals surface area (Å²) in [7, 11) is 0. The smallest absolute Gasteiger partial charge is 0.239 e. The zero-order chi connectivity index (χ0) is 10.7. The van der Waals surface area contributed by atoms with Crippen molar-refractivity contribution in [2.45, 2.75) is 13.0 Å². The van der Waals surface area contributed by atoms with Crippen LogP contribution in [-0.2, 0) is 4.79 Å². The number of anilines is 1. The number of aromatic nitrogens is 3. The molecule has 1 unspecified atom stereocenters. The van der Waals surface area contributed by atoms with Gasteiger partial charge in [0.15, 0.2) is 0 Å². The van der Waals surface area contributed by atoms with Crippen LogP contribution in [0.1, 0.15) is 6.92 Å². The van der Waals surface area contributed by atoms with E-state index in [1.807, 2.05) is 0 Å². The highest BCUT2D eigenvalue weighted by Gasteiger charge is 2.10. The van der Waals surface area contributed by atoms with Crippen molar-refractivity contribution in [2.24, 2.45) is 5.73 Å². The fraction of sp³-hybridized carbons (Fsp3) is 0.333. The van der Waals surface area contributed by atoms with Crippen molar-refractivity contribution >= 4 is 35.1 Å². The van der Waals surface area contributed by atoms with E-state index in [1.54, 1.807) is 6.92 Å². The van der Waals surface area contributed by atoms with E-state index >= 15 is 0 Å². The summed E-state index contributed by atoms with van der Waals surface area (Å²) in [5.74, 6) is -0.418. The summed E-state index contributed by atoms with van der Waals surface area (Å²) in [6.07, 6.45) is 0. The molecule has 0 saturated heterocycles. The topological polar surface area (TPSA) is 93.8 Å². The molecule has 0 saturated carbocycles. The van der Waals surface area contributed by atoms with Crippen LogP contribution >= 0.6 is 23.2 Å². The molecule has 0 aliphatic carbocycles. The Morgan fingerprint density at radius 3 is 2.29 bits per heavy atom. The fourth-order valence-corrected chi connectivity index (χ4v) is 1.02. The first-order valence-corrected chi connectivity index (χ1v) is 4.37. The van der Waals surface area contributed by atoms with Gasteiger partial charge in [-0.1, -0.05) is 0 Å². The first-order valence-electron chi connectivity index (χ1n) is 3.62. The normalized spacial score (nSPS) is 12.2. The maximum Gasteiger partial charge on any atom is 0.239 e. The van der Waals surface area contributed by atoms with Crippen LogP contribution in [0.5, 0.6) is 0 Å². The minimum atomic E-state index is -0.607. The van der Waals surface area contributed by atoms with Crippen molar-refractivity contribution in [1.82, 2.24) is 15.0 Å². The van der Waals surface area contributed by atoms with Crippen molar-refractivity contribution in [3.8, 4) is 0 Å². The molecule has 1 heterocycles. The van der Waals surface area contributed by atoms with Crippen molar-refractivity contribution in [3.05, 3.63) is 10.6 Å². The molecular weight excluding hydrogens is 229 g/mol. The zero-order valence-electron chi connectivity index (χ0n) is 7.16. The molecule has 1 aromatic rings. The molecule has 76 valence electrons. The number of nitrogens with one attached hydrogen (secondary N) is 1. The third kappa shape index (κ3) is 2.97. The first kappa shape index (κ1) is 10.9. The van der Waals surface area contributed by atoms with E-state index in [9.17, 15) is 4.79 Å². The quantitative estimate of drug-likeness (QED) is 0.795. The maximum absolute atomic E-state index is 10.7. The Morgan fingerprint density at radius 2 is 1.86 bits per heavy atom. The molecule has 3 N–H and O–H groups in total. The lowest BCUT2D eigenvalue weighted by Gasteiger charge is -2.09. The number of carbonyl (C=O) groups is 1. The van der Waals surface area contributed by atoms with Crippen LogP contribution in [0.15, 0.2) is 0 Å². The number of nitrogens with two attached hydrogens (primary N) is 1. The predicted molar refractivity (Wildman–Crippen MR) is 52.1 cm³/mol. The number of primary amides is 1. The van der Waals surface area contributed by atoms with Gasteiger partial charge in [-0.25, -0.2) is 0 Å². The fourth-order valence-electron chi connectivity index (χ4n) is 0.655. The first-order chi connectivity index (χ1) is 6.49. The van der Waals surface area contributed by atoms with E-state index in [-0.39, 0.29) is 16.5 Å². The molecule has 0 aromatic carbocycles. The third-order valence-electron chi connectivity index (χ3n) is 1.35. The van der Waals surface area contributed by atoms with E-state index in [0.717, 1.165) is 0 Å². The molecule has 0 fully saturated rings. The standard InChI is InChI=1S/C6H7Cl2N5O/c1-2(3(9)14)10-6-12-4(7)11-5(8)13-6/h2H,1H3,(H2,9,14)(H,10,11,12,13). The summed E-state index contributed by atoms with van der Waals surface area (Å²) >= 11 is 11.0. The van der Waals surface area contributed by atoms with Gasteiger partial charge in [0.2, 0.25) is 22.4 Å². The van der Waals surface area contributed by atoms with E-state index in [4.69, 9.17) is 28.9 Å². The van der Waals surface area contributed by atoms with Crippen molar-refractivity contribution in [1.29, 1.82) is 0 Å². The molecule has 6 nitrogen and oxygen atoms in total. The van der Waals surface area contributed by atoms with Gasteiger partial charge in [-0.05, 0) is 30.1 Å². The average molecular weight is 236 g/mol. The SMILES string of the molecule is CC(Nc1nc(Cl)nc(Cl)n1)C(N)=O. The second-order valence-electron chi connectivity index (χ2n) is 2.47. The lowest BCUT2D eigenvalue weighted by molar-refractivity contribution is -0.118. The van der Waals surface area contributed by atoms with Gasteiger partial charge in [0, 0.05) is 0 Å². The van der Waals surface area contributed by atoms with Gasteiger partial charge in [-0.15, -0.1) is 0 Å². The minimum Gasteiger partial charge on any atom is -0.368 e. The number of hydrogen-bond donors (Lipinski definition) is 2. The second kappa shape index (κ2) is 4.39. The Hall–Kier alpha value is -1.14. The molecule has 8 heteroatoms. The summed E-state index contributed by atoms with van der Waals surface area (Å²) in [6, 6.07) is -0.607. The number of rotatable bonds is 3. The van der Waals surface area contributed by atoms with Gasteiger partial charge < -0.3 is 11.1 Å². The van der Waals surface area contributed by atoms with Gasteiger partial charge >= 0.3 is 0 Å². The Labute approximate surface area is 89.8 Å². The number of amides is 1. The maximum atomic E-state index is 10.7. The molecule has 1 aromatic heterocycles. The van der Waals surface area contributed by atoms with E-state index < -0.39 is 11.9 Å². The van der Waals surface area contributed by atoms with E-state index in [1.165, 1.54) is 0 Å². The minimum absolute atomic E-state index is 0.0517. The summed E-state index contributed by atoms with van der Waals surface area (Å²) in [5, 5.41) is 2.51. The third-order valence-corrected chi connectivity index (χ3v) is 1.69. The van der Waals surface area contributed by atoms with Crippen molar-refractivity contribution in [3.63, 3.8) is 0 Å². The van der Waals surface area contributed by atoms with Crippen LogP contribution in [0.2, 0.25) is 10.6 Å². The number of nitrogens with zero attached hydrogens (tertiary/aromatic N) is 3. The highest BCUT2D eigenvalue weighted by Crippen LogP contribution is 2.10. The van der Waals surface area contributed by atoms with Crippen LogP contribution in [0.4, 0.5) is 5.95 Å². The lowest BCUT2D eigenvalue weighted by atomic mass is 10.3. The monoisotopic (exact) mass is 235 g/mol. The molecule has 14 heavy (non-hydrogen) atoms. The number of halogens is 2. The van der Waals surface area contributed by atoms with Crippen LogP contribution < -0.4 is 11.1 Å². The lowest BCUT2D eigenvalue weighted by Crippen LogP contribution is -2.33. The largest absolute Gasteiger partial charge is 0.368 e. The summed E-state index contributed by atoms with van der Waals surface area (Å²) in [6.45, 7) is 1.56. The summed E-state index contributed by atoms with van der Waals surface area (Å²) < 4.78 is 0. The molecule has 0 aliphatic heterocycles.